The van der Waals surface area contributed by atoms with Crippen molar-refractivity contribution in [3.63, 3.8) is 0 Å². The zero-order valence-electron chi connectivity index (χ0n) is 10.7. The third kappa shape index (κ3) is 2.95. The number of anilines is 1. The fourth-order valence-electron chi connectivity index (χ4n) is 2.28. The minimum Gasteiger partial charge on any atom is -0.360 e. The van der Waals surface area contributed by atoms with E-state index in [0.29, 0.717) is 5.82 Å². The zero-order valence-corrected chi connectivity index (χ0v) is 10.7. The van der Waals surface area contributed by atoms with Crippen LogP contribution in [0.15, 0.2) is 12.1 Å². The van der Waals surface area contributed by atoms with Gasteiger partial charge in [0, 0.05) is 24.3 Å². The van der Waals surface area contributed by atoms with Gasteiger partial charge in [-0.3, -0.25) is 10.1 Å². The molecular weight excluding hydrogens is 232 g/mol. The van der Waals surface area contributed by atoms with Gasteiger partial charge >= 0.3 is 5.69 Å². The van der Waals surface area contributed by atoms with E-state index in [9.17, 15) is 10.1 Å². The van der Waals surface area contributed by atoms with Crippen molar-refractivity contribution in [2.45, 2.75) is 25.8 Å². The molecule has 0 radical (unpaired) electrons. The van der Waals surface area contributed by atoms with Crippen LogP contribution in [0.4, 0.5) is 11.5 Å². The molecule has 0 spiro atoms. The minimum atomic E-state index is -0.388. The van der Waals surface area contributed by atoms with E-state index in [4.69, 9.17) is 0 Å². The van der Waals surface area contributed by atoms with Crippen LogP contribution < -0.4 is 5.32 Å². The van der Waals surface area contributed by atoms with E-state index < -0.39 is 0 Å². The maximum atomic E-state index is 11.0. The summed E-state index contributed by atoms with van der Waals surface area (Å²) < 4.78 is 0. The van der Waals surface area contributed by atoms with E-state index >= 15 is 0 Å². The molecule has 1 aliphatic rings. The monoisotopic (exact) mass is 250 g/mol. The summed E-state index contributed by atoms with van der Waals surface area (Å²) >= 11 is 0. The lowest BCUT2D eigenvalue weighted by Crippen LogP contribution is -2.40. The van der Waals surface area contributed by atoms with Gasteiger partial charge < -0.3 is 10.2 Å². The lowest BCUT2D eigenvalue weighted by Gasteiger charge is -2.30. The number of aromatic nitrogens is 1. The summed E-state index contributed by atoms with van der Waals surface area (Å²) in [5.74, 6) is 0.389. The van der Waals surface area contributed by atoms with Gasteiger partial charge in [0.05, 0.1) is 4.92 Å². The molecule has 0 aromatic carbocycles. The molecule has 2 heterocycles. The van der Waals surface area contributed by atoms with Crippen LogP contribution in [0.2, 0.25) is 0 Å². The molecule has 2 rings (SSSR count). The van der Waals surface area contributed by atoms with Gasteiger partial charge in [0.1, 0.15) is 0 Å². The van der Waals surface area contributed by atoms with Crippen molar-refractivity contribution in [1.29, 1.82) is 0 Å². The lowest BCUT2D eigenvalue weighted by atomic mass is 10.1. The summed E-state index contributed by atoms with van der Waals surface area (Å²) in [6, 6.07) is 3.41. The van der Waals surface area contributed by atoms with Crippen molar-refractivity contribution in [3.05, 3.63) is 27.9 Å². The molecule has 1 saturated heterocycles. The molecule has 1 aromatic rings. The maximum Gasteiger partial charge on any atom is 0.311 e. The number of likely N-dealkylation sites (tertiary alicyclic amines) is 1. The Morgan fingerprint density at radius 3 is 3.00 bits per heavy atom. The summed E-state index contributed by atoms with van der Waals surface area (Å²) in [7, 11) is 2.06. The molecule has 18 heavy (non-hydrogen) atoms. The topological polar surface area (TPSA) is 71.3 Å². The first-order valence-electron chi connectivity index (χ1n) is 6.13. The molecule has 98 valence electrons. The highest BCUT2D eigenvalue weighted by Crippen LogP contribution is 2.24. The van der Waals surface area contributed by atoms with Crippen LogP contribution in [0.3, 0.4) is 0 Å². The van der Waals surface area contributed by atoms with Crippen LogP contribution in [0.1, 0.15) is 18.5 Å². The highest BCUT2D eigenvalue weighted by atomic mass is 16.6. The number of hydrogen-bond donors (Lipinski definition) is 1. The van der Waals surface area contributed by atoms with Crippen molar-refractivity contribution < 1.29 is 4.92 Å². The molecule has 1 aliphatic heterocycles. The van der Waals surface area contributed by atoms with E-state index in [0.717, 1.165) is 31.6 Å². The average Bonchev–Trinajstić information content (AvgIpc) is 2.28. The third-order valence-electron chi connectivity index (χ3n) is 3.18. The number of hydrogen-bond acceptors (Lipinski definition) is 5. The van der Waals surface area contributed by atoms with Crippen LogP contribution in [-0.2, 0) is 0 Å². The fraction of sp³-hybridized carbons (Fsp3) is 0.583. The molecule has 6 nitrogen and oxygen atoms in total. The largest absolute Gasteiger partial charge is 0.360 e. The predicted molar refractivity (Wildman–Crippen MR) is 69.8 cm³/mol. The summed E-state index contributed by atoms with van der Waals surface area (Å²) in [6.07, 6.45) is 2.13. The van der Waals surface area contributed by atoms with Gasteiger partial charge in [-0.2, -0.15) is 0 Å². The van der Waals surface area contributed by atoms with Crippen molar-refractivity contribution in [2.24, 2.45) is 0 Å². The van der Waals surface area contributed by atoms with Crippen LogP contribution in [0, 0.1) is 17.0 Å². The highest BCUT2D eigenvalue weighted by molar-refractivity contribution is 5.56. The van der Waals surface area contributed by atoms with E-state index in [2.05, 4.69) is 22.2 Å². The number of nitro groups is 1. The Labute approximate surface area is 106 Å². The quantitative estimate of drug-likeness (QED) is 0.654. The molecule has 0 saturated carbocycles. The van der Waals surface area contributed by atoms with Crippen molar-refractivity contribution in [2.75, 3.05) is 25.5 Å². The van der Waals surface area contributed by atoms with Crippen LogP contribution in [0.25, 0.3) is 0 Å². The number of nitrogens with zero attached hydrogens (tertiary/aromatic N) is 3. The molecule has 1 N–H and O–H groups in total. The first-order valence-corrected chi connectivity index (χ1v) is 6.13. The van der Waals surface area contributed by atoms with Gasteiger partial charge in [0.25, 0.3) is 0 Å². The van der Waals surface area contributed by atoms with Gasteiger partial charge in [-0.15, -0.1) is 0 Å². The van der Waals surface area contributed by atoms with Crippen molar-refractivity contribution in [1.82, 2.24) is 9.88 Å². The normalized spacial score (nSPS) is 20.7. The highest BCUT2D eigenvalue weighted by Gasteiger charge is 2.22. The Bertz CT molecular complexity index is 450. The minimum absolute atomic E-state index is 0.0498. The van der Waals surface area contributed by atoms with E-state index in [1.807, 2.05) is 6.92 Å². The Morgan fingerprint density at radius 2 is 2.33 bits per heavy atom. The standard InChI is InChI=1S/C12H18N4O2/c1-9-5-6-11(16(17)18)12(13-9)14-10-4-3-7-15(2)8-10/h5-6,10H,3-4,7-8H2,1-2H3,(H,13,14). The molecule has 0 amide bonds. The number of rotatable bonds is 3. The number of nitrogens with one attached hydrogen (secondary N) is 1. The van der Waals surface area contributed by atoms with Gasteiger partial charge in [0.15, 0.2) is 0 Å². The summed E-state index contributed by atoms with van der Waals surface area (Å²) in [6.45, 7) is 3.82. The molecular formula is C12H18N4O2. The number of aryl methyl sites for hydroxylation is 1. The van der Waals surface area contributed by atoms with E-state index in [1.165, 1.54) is 6.07 Å². The maximum absolute atomic E-state index is 11.0. The SMILES string of the molecule is Cc1ccc([N+](=O)[O-])c(NC2CCCN(C)C2)n1. The Kier molecular flexibility index (Phi) is 3.76. The van der Waals surface area contributed by atoms with Crippen molar-refractivity contribution >= 4 is 11.5 Å². The molecule has 1 atom stereocenters. The van der Waals surface area contributed by atoms with Gasteiger partial charge in [-0.25, -0.2) is 4.98 Å². The summed E-state index contributed by atoms with van der Waals surface area (Å²) in [5, 5.41) is 14.2. The molecule has 1 aromatic heterocycles. The Hall–Kier alpha value is -1.69. The van der Waals surface area contributed by atoms with Gasteiger partial charge in [-0.05, 0) is 39.4 Å². The van der Waals surface area contributed by atoms with Gasteiger partial charge in [-0.1, -0.05) is 0 Å². The first-order chi connectivity index (χ1) is 8.56. The third-order valence-corrected chi connectivity index (χ3v) is 3.18. The van der Waals surface area contributed by atoms with Crippen LogP contribution in [-0.4, -0.2) is 41.0 Å². The Morgan fingerprint density at radius 1 is 1.56 bits per heavy atom. The fourth-order valence-corrected chi connectivity index (χ4v) is 2.28. The van der Waals surface area contributed by atoms with E-state index in [1.54, 1.807) is 6.07 Å². The second-order valence-corrected chi connectivity index (χ2v) is 4.82. The molecule has 0 bridgehead atoms. The zero-order chi connectivity index (χ0) is 13.1. The Balaban J connectivity index is 2.16. The van der Waals surface area contributed by atoms with Crippen LogP contribution in [0.5, 0.6) is 0 Å². The lowest BCUT2D eigenvalue weighted by molar-refractivity contribution is -0.384. The number of likely N-dealkylation sites (N-methyl/N-ethyl adjacent to an activating group) is 1. The van der Waals surface area contributed by atoms with Crippen molar-refractivity contribution in [3.8, 4) is 0 Å². The second kappa shape index (κ2) is 5.30. The van der Waals surface area contributed by atoms with Gasteiger partial charge in [0.2, 0.25) is 5.82 Å². The molecule has 1 fully saturated rings. The molecule has 0 aliphatic carbocycles. The van der Waals surface area contributed by atoms with Crippen LogP contribution >= 0.6 is 0 Å². The smallest absolute Gasteiger partial charge is 0.311 e. The summed E-state index contributed by atoms with van der Waals surface area (Å²) in [4.78, 5) is 17.0. The summed E-state index contributed by atoms with van der Waals surface area (Å²) in [5.41, 5.74) is 0.834. The molecule has 6 heteroatoms. The predicted octanol–water partition coefficient (Wildman–Crippen LogP) is 1.80. The second-order valence-electron chi connectivity index (χ2n) is 4.82. The number of piperidine rings is 1. The number of pyridine rings is 1. The van der Waals surface area contributed by atoms with E-state index in [-0.39, 0.29) is 16.7 Å². The average molecular weight is 250 g/mol. The molecule has 1 unspecified atom stereocenters. The first kappa shape index (κ1) is 12.8.